The zero-order valence-electron chi connectivity index (χ0n) is 22.9. The predicted molar refractivity (Wildman–Crippen MR) is 153 cm³/mol. The second-order valence-corrected chi connectivity index (χ2v) is 11.9. The number of amides is 1. The van der Waals surface area contributed by atoms with Crippen LogP contribution in [0.15, 0.2) is 47.0 Å². The van der Waals surface area contributed by atoms with Gasteiger partial charge in [-0.25, -0.2) is 4.39 Å². The third kappa shape index (κ3) is 6.29. The van der Waals surface area contributed by atoms with Crippen LogP contribution in [-0.2, 0) is 0 Å². The molecule has 3 aromatic rings. The van der Waals surface area contributed by atoms with Gasteiger partial charge in [-0.1, -0.05) is 5.16 Å². The van der Waals surface area contributed by atoms with Crippen molar-refractivity contribution in [2.75, 3.05) is 37.6 Å². The van der Waals surface area contributed by atoms with Gasteiger partial charge in [-0.3, -0.25) is 4.79 Å². The van der Waals surface area contributed by atoms with E-state index in [-0.39, 0.29) is 17.8 Å². The topological polar surface area (TPSA) is 61.6 Å². The van der Waals surface area contributed by atoms with Gasteiger partial charge in [-0.2, -0.15) is 0 Å². The molecule has 0 unspecified atom stereocenters. The van der Waals surface area contributed by atoms with Crippen molar-refractivity contribution in [2.45, 2.75) is 76.2 Å². The fraction of sp³-hybridized carbons (Fsp3) is 0.562. The van der Waals surface area contributed by atoms with Crippen molar-refractivity contribution in [1.82, 2.24) is 15.4 Å². The van der Waals surface area contributed by atoms with Crippen LogP contribution in [-0.4, -0.2) is 54.7 Å². The number of anilines is 1. The van der Waals surface area contributed by atoms with Crippen LogP contribution < -0.4 is 10.2 Å². The number of benzene rings is 2. The second-order valence-electron chi connectivity index (χ2n) is 11.9. The van der Waals surface area contributed by atoms with E-state index in [0.29, 0.717) is 11.5 Å². The maximum atomic E-state index is 13.7. The van der Waals surface area contributed by atoms with Gasteiger partial charge < -0.3 is 19.6 Å². The molecule has 1 amide bonds. The number of aromatic nitrogens is 1. The number of nitrogens with zero attached hydrogens (tertiary/aromatic N) is 3. The predicted octanol–water partition coefficient (Wildman–Crippen LogP) is 6.52. The Hall–Kier alpha value is -2.93. The van der Waals surface area contributed by atoms with Crippen LogP contribution in [0.1, 0.15) is 86.2 Å². The summed E-state index contributed by atoms with van der Waals surface area (Å²) in [6.45, 7) is 5.48. The van der Waals surface area contributed by atoms with Crippen LogP contribution in [0.5, 0.6) is 0 Å². The molecular weight excluding hydrogens is 491 g/mol. The lowest BCUT2D eigenvalue weighted by atomic mass is 9.83. The number of piperidine rings is 2. The molecule has 0 atom stereocenters. The Kier molecular flexibility index (Phi) is 8.14. The first-order valence-electron chi connectivity index (χ1n) is 15.1. The summed E-state index contributed by atoms with van der Waals surface area (Å²) in [6.07, 6.45) is 11.7. The van der Waals surface area contributed by atoms with E-state index in [1.165, 1.54) is 50.3 Å². The largest absolute Gasteiger partial charge is 0.372 e. The summed E-state index contributed by atoms with van der Waals surface area (Å²) in [5, 5.41) is 8.40. The summed E-state index contributed by atoms with van der Waals surface area (Å²) in [4.78, 5) is 17.9. The van der Waals surface area contributed by atoms with E-state index in [1.54, 1.807) is 12.1 Å². The number of hydrogen-bond donors (Lipinski definition) is 1. The SMILES string of the molecule is O=C(NC1CCC(CCN2CCC(c3noc4ccc(F)cc34)CC2)CC1)c1ccc(N2CCCCC2)cc1. The van der Waals surface area contributed by atoms with Crippen LogP contribution >= 0.6 is 0 Å². The molecule has 3 fully saturated rings. The Morgan fingerprint density at radius 3 is 2.41 bits per heavy atom. The van der Waals surface area contributed by atoms with Gasteiger partial charge in [0, 0.05) is 41.7 Å². The van der Waals surface area contributed by atoms with Gasteiger partial charge in [0.25, 0.3) is 5.91 Å². The molecule has 0 radical (unpaired) electrons. The number of rotatable bonds is 7. The highest BCUT2D eigenvalue weighted by Crippen LogP contribution is 2.34. The van der Waals surface area contributed by atoms with E-state index >= 15 is 0 Å². The van der Waals surface area contributed by atoms with Crippen molar-refractivity contribution in [3.8, 4) is 0 Å². The lowest BCUT2D eigenvalue weighted by molar-refractivity contribution is 0.0919. The fourth-order valence-corrected chi connectivity index (χ4v) is 6.86. The zero-order valence-corrected chi connectivity index (χ0v) is 22.9. The Morgan fingerprint density at radius 2 is 1.67 bits per heavy atom. The quantitative estimate of drug-likeness (QED) is 0.376. The molecule has 6 nitrogen and oxygen atoms in total. The Bertz CT molecular complexity index is 1240. The molecule has 0 bridgehead atoms. The van der Waals surface area contributed by atoms with E-state index in [1.807, 2.05) is 12.1 Å². The lowest BCUT2D eigenvalue weighted by Crippen LogP contribution is -2.38. The molecule has 39 heavy (non-hydrogen) atoms. The van der Waals surface area contributed by atoms with Gasteiger partial charge in [-0.15, -0.1) is 0 Å². The molecule has 1 aliphatic carbocycles. The number of likely N-dealkylation sites (tertiary alicyclic amines) is 1. The van der Waals surface area contributed by atoms with Gasteiger partial charge >= 0.3 is 0 Å². The molecule has 6 rings (SSSR count). The van der Waals surface area contributed by atoms with Crippen molar-refractivity contribution >= 4 is 22.6 Å². The number of nitrogens with one attached hydrogen (secondary N) is 1. The normalized spacial score (nSPS) is 23.3. The molecule has 0 spiro atoms. The minimum absolute atomic E-state index is 0.0640. The van der Waals surface area contributed by atoms with Gasteiger partial charge in [-0.05, 0) is 132 Å². The molecule has 2 aliphatic heterocycles. The minimum atomic E-state index is -0.236. The van der Waals surface area contributed by atoms with E-state index in [9.17, 15) is 9.18 Å². The first kappa shape index (κ1) is 26.3. The number of hydrogen-bond acceptors (Lipinski definition) is 5. The lowest BCUT2D eigenvalue weighted by Gasteiger charge is -2.34. The van der Waals surface area contributed by atoms with Crippen molar-refractivity contribution in [3.63, 3.8) is 0 Å². The molecule has 1 saturated carbocycles. The summed E-state index contributed by atoms with van der Waals surface area (Å²) >= 11 is 0. The molecule has 2 aromatic carbocycles. The summed E-state index contributed by atoms with van der Waals surface area (Å²) in [5.41, 5.74) is 3.59. The van der Waals surface area contributed by atoms with Crippen LogP contribution in [0.4, 0.5) is 10.1 Å². The minimum Gasteiger partial charge on any atom is -0.372 e. The molecule has 7 heteroatoms. The van der Waals surface area contributed by atoms with Gasteiger partial charge in [0.05, 0.1) is 5.69 Å². The van der Waals surface area contributed by atoms with Crippen LogP contribution in [0.3, 0.4) is 0 Å². The summed E-state index contributed by atoms with van der Waals surface area (Å²) in [6, 6.07) is 13.1. The highest BCUT2D eigenvalue weighted by Gasteiger charge is 2.27. The summed E-state index contributed by atoms with van der Waals surface area (Å²) in [5.74, 6) is 0.904. The van der Waals surface area contributed by atoms with Crippen molar-refractivity contribution in [1.29, 1.82) is 0 Å². The molecule has 1 aromatic heterocycles. The van der Waals surface area contributed by atoms with E-state index in [2.05, 4.69) is 32.4 Å². The average Bonchev–Trinajstić information content (AvgIpc) is 3.40. The summed E-state index contributed by atoms with van der Waals surface area (Å²) in [7, 11) is 0. The maximum Gasteiger partial charge on any atom is 0.251 e. The fourth-order valence-electron chi connectivity index (χ4n) is 6.86. The highest BCUT2D eigenvalue weighted by atomic mass is 19.1. The Balaban J connectivity index is 0.906. The average molecular weight is 533 g/mol. The standard InChI is InChI=1S/C32H41FN4O2/c33-26-8-13-30-29(22-26)31(35-39-30)24-15-20-36(21-16-24)19-14-23-4-9-27(10-5-23)34-32(38)25-6-11-28(12-7-25)37-17-2-1-3-18-37/h6-8,11-13,22-24,27H,1-5,9-10,14-21H2,(H,34,38). The van der Waals surface area contributed by atoms with Crippen molar-refractivity contribution in [3.05, 3.63) is 59.5 Å². The smallest absolute Gasteiger partial charge is 0.251 e. The van der Waals surface area contributed by atoms with E-state index < -0.39 is 0 Å². The first-order valence-corrected chi connectivity index (χ1v) is 15.1. The molecule has 208 valence electrons. The van der Waals surface area contributed by atoms with E-state index in [4.69, 9.17) is 4.52 Å². The molecule has 3 heterocycles. The van der Waals surface area contributed by atoms with Crippen LogP contribution in [0.2, 0.25) is 0 Å². The first-order chi connectivity index (χ1) is 19.1. The number of halogens is 1. The third-order valence-electron chi connectivity index (χ3n) is 9.32. The van der Waals surface area contributed by atoms with Crippen LogP contribution in [0.25, 0.3) is 11.0 Å². The third-order valence-corrected chi connectivity index (χ3v) is 9.32. The highest BCUT2D eigenvalue weighted by molar-refractivity contribution is 5.94. The van der Waals surface area contributed by atoms with Crippen LogP contribution in [0, 0.1) is 11.7 Å². The van der Waals surface area contributed by atoms with Crippen molar-refractivity contribution < 1.29 is 13.7 Å². The number of fused-ring (bicyclic) bond motifs is 1. The monoisotopic (exact) mass is 532 g/mol. The van der Waals surface area contributed by atoms with Gasteiger partial charge in [0.1, 0.15) is 5.82 Å². The van der Waals surface area contributed by atoms with Gasteiger partial charge in [0.2, 0.25) is 0 Å². The molecule has 1 N–H and O–H groups in total. The molecule has 2 saturated heterocycles. The Morgan fingerprint density at radius 1 is 0.923 bits per heavy atom. The molecular formula is C32H41FN4O2. The van der Waals surface area contributed by atoms with Gasteiger partial charge in [0.15, 0.2) is 5.58 Å². The number of carbonyl (C=O) groups excluding carboxylic acids is 1. The van der Waals surface area contributed by atoms with Crippen molar-refractivity contribution in [2.24, 2.45) is 5.92 Å². The second kappa shape index (κ2) is 12.1. The number of carbonyl (C=O) groups is 1. The molecule has 3 aliphatic rings. The van der Waals surface area contributed by atoms with E-state index in [0.717, 1.165) is 81.0 Å². The summed E-state index contributed by atoms with van der Waals surface area (Å²) < 4.78 is 19.2. The maximum absolute atomic E-state index is 13.7. The zero-order chi connectivity index (χ0) is 26.6. The Labute approximate surface area is 230 Å².